The number of hydrogen-bond donors (Lipinski definition) is 1. The Kier molecular flexibility index (Phi) is 5.83. The fourth-order valence-corrected chi connectivity index (χ4v) is 3.75. The zero-order valence-corrected chi connectivity index (χ0v) is 16.7. The molecule has 1 aliphatic carbocycles. The molecule has 1 saturated carbocycles. The maximum Gasteiger partial charge on any atom is 0.183 e. The minimum absolute atomic E-state index is 0.0932. The van der Waals surface area contributed by atoms with Crippen LogP contribution >= 0.6 is 0 Å². The summed E-state index contributed by atoms with van der Waals surface area (Å²) in [5.74, 6) is -0.764. The van der Waals surface area contributed by atoms with Crippen LogP contribution in [0.4, 0.5) is 14.6 Å². The molecule has 1 fully saturated rings. The molecule has 4 rings (SSSR count). The SMILES string of the molecule is CC(=O)c1cc(-c2ncc(F)c(NC3CCCCC3)n2)nn1Cc1ccccc1F. The van der Waals surface area contributed by atoms with Crippen molar-refractivity contribution in [1.82, 2.24) is 19.7 Å². The predicted molar refractivity (Wildman–Crippen MR) is 109 cm³/mol. The van der Waals surface area contributed by atoms with Gasteiger partial charge < -0.3 is 5.32 Å². The minimum Gasteiger partial charge on any atom is -0.365 e. The molecule has 0 atom stereocenters. The van der Waals surface area contributed by atoms with Gasteiger partial charge in [-0.25, -0.2) is 18.7 Å². The number of halogens is 2. The Hall–Kier alpha value is -3.16. The summed E-state index contributed by atoms with van der Waals surface area (Å²) in [5.41, 5.74) is 1.06. The van der Waals surface area contributed by atoms with Crippen LogP contribution in [0, 0.1) is 11.6 Å². The number of carbonyl (C=O) groups is 1. The fourth-order valence-electron chi connectivity index (χ4n) is 3.75. The zero-order valence-electron chi connectivity index (χ0n) is 16.7. The van der Waals surface area contributed by atoms with Gasteiger partial charge in [0.2, 0.25) is 0 Å². The summed E-state index contributed by atoms with van der Waals surface area (Å²) in [6.07, 6.45) is 6.48. The molecule has 0 radical (unpaired) electrons. The number of Topliss-reactive ketones (excluding diaryl/α,β-unsaturated/α-hetero) is 1. The second kappa shape index (κ2) is 8.69. The normalized spacial score (nSPS) is 14.6. The Balaban J connectivity index is 1.64. The van der Waals surface area contributed by atoms with Crippen LogP contribution in [0.15, 0.2) is 36.5 Å². The van der Waals surface area contributed by atoms with Gasteiger partial charge in [0.15, 0.2) is 23.2 Å². The van der Waals surface area contributed by atoms with Gasteiger partial charge in [0.05, 0.1) is 12.7 Å². The van der Waals surface area contributed by atoms with E-state index in [2.05, 4.69) is 20.4 Å². The molecule has 1 aliphatic rings. The van der Waals surface area contributed by atoms with Crippen molar-refractivity contribution >= 4 is 11.6 Å². The van der Waals surface area contributed by atoms with Crippen molar-refractivity contribution < 1.29 is 13.6 Å². The molecule has 0 unspecified atom stereocenters. The highest BCUT2D eigenvalue weighted by atomic mass is 19.1. The molecule has 1 aromatic carbocycles. The lowest BCUT2D eigenvalue weighted by Gasteiger charge is -2.23. The summed E-state index contributed by atoms with van der Waals surface area (Å²) >= 11 is 0. The quantitative estimate of drug-likeness (QED) is 0.600. The average Bonchev–Trinajstić information content (AvgIpc) is 3.16. The van der Waals surface area contributed by atoms with Crippen molar-refractivity contribution in [2.45, 2.75) is 51.6 Å². The van der Waals surface area contributed by atoms with Crippen LogP contribution in [0.3, 0.4) is 0 Å². The van der Waals surface area contributed by atoms with Crippen molar-refractivity contribution in [3.8, 4) is 11.5 Å². The molecule has 30 heavy (non-hydrogen) atoms. The number of aromatic nitrogens is 4. The monoisotopic (exact) mass is 411 g/mol. The van der Waals surface area contributed by atoms with Gasteiger partial charge in [-0.3, -0.25) is 9.48 Å². The number of hydrogen-bond acceptors (Lipinski definition) is 5. The number of nitrogens with zero attached hydrogens (tertiary/aromatic N) is 4. The predicted octanol–water partition coefficient (Wildman–Crippen LogP) is 4.61. The van der Waals surface area contributed by atoms with Gasteiger partial charge in [0.1, 0.15) is 17.2 Å². The molecular weight excluding hydrogens is 388 g/mol. The number of nitrogens with one attached hydrogen (secondary N) is 1. The van der Waals surface area contributed by atoms with Crippen LogP contribution in [0.25, 0.3) is 11.5 Å². The lowest BCUT2D eigenvalue weighted by Crippen LogP contribution is -2.23. The first-order valence-corrected chi connectivity index (χ1v) is 10.1. The van der Waals surface area contributed by atoms with Crippen molar-refractivity contribution in [2.24, 2.45) is 0 Å². The number of carbonyl (C=O) groups excluding carboxylic acids is 1. The molecule has 8 heteroatoms. The molecule has 2 aromatic heterocycles. The Labute approximate surface area is 173 Å². The van der Waals surface area contributed by atoms with Crippen LogP contribution in [0.1, 0.15) is 55.1 Å². The fraction of sp³-hybridized carbons (Fsp3) is 0.364. The smallest absolute Gasteiger partial charge is 0.183 e. The van der Waals surface area contributed by atoms with Crippen LogP contribution in [0.5, 0.6) is 0 Å². The van der Waals surface area contributed by atoms with E-state index in [1.807, 2.05) is 0 Å². The first-order chi connectivity index (χ1) is 14.5. The third-order valence-corrected chi connectivity index (χ3v) is 5.34. The van der Waals surface area contributed by atoms with E-state index in [0.29, 0.717) is 17.0 Å². The van der Waals surface area contributed by atoms with Crippen LogP contribution < -0.4 is 5.32 Å². The summed E-state index contributed by atoms with van der Waals surface area (Å²) in [7, 11) is 0. The van der Waals surface area contributed by atoms with Crippen molar-refractivity contribution in [1.29, 1.82) is 0 Å². The zero-order chi connectivity index (χ0) is 21.1. The van der Waals surface area contributed by atoms with Crippen LogP contribution in [-0.4, -0.2) is 31.6 Å². The van der Waals surface area contributed by atoms with E-state index in [4.69, 9.17) is 0 Å². The molecule has 0 aliphatic heterocycles. The average molecular weight is 411 g/mol. The van der Waals surface area contributed by atoms with Gasteiger partial charge in [0.25, 0.3) is 0 Å². The first-order valence-electron chi connectivity index (χ1n) is 10.1. The van der Waals surface area contributed by atoms with E-state index >= 15 is 0 Å². The second-order valence-electron chi connectivity index (χ2n) is 7.59. The summed E-state index contributed by atoms with van der Waals surface area (Å²) in [4.78, 5) is 20.5. The Morgan fingerprint density at radius 2 is 1.93 bits per heavy atom. The van der Waals surface area contributed by atoms with E-state index in [1.165, 1.54) is 24.1 Å². The number of anilines is 1. The molecule has 2 heterocycles. The Bertz CT molecular complexity index is 1060. The highest BCUT2D eigenvalue weighted by Crippen LogP contribution is 2.24. The van der Waals surface area contributed by atoms with Gasteiger partial charge >= 0.3 is 0 Å². The van der Waals surface area contributed by atoms with Gasteiger partial charge in [-0.15, -0.1) is 0 Å². The topological polar surface area (TPSA) is 72.7 Å². The molecular formula is C22H23F2N5O. The number of ketones is 1. The summed E-state index contributed by atoms with van der Waals surface area (Å²) in [6, 6.07) is 8.07. The molecule has 0 bridgehead atoms. The van der Waals surface area contributed by atoms with E-state index in [0.717, 1.165) is 31.9 Å². The van der Waals surface area contributed by atoms with Crippen LogP contribution in [-0.2, 0) is 6.54 Å². The first kappa shape index (κ1) is 20.1. The van der Waals surface area contributed by atoms with Gasteiger partial charge in [-0.2, -0.15) is 5.10 Å². The molecule has 0 amide bonds. The van der Waals surface area contributed by atoms with Crippen LogP contribution in [0.2, 0.25) is 0 Å². The molecule has 3 aromatic rings. The molecule has 6 nitrogen and oxygen atoms in total. The summed E-state index contributed by atoms with van der Waals surface area (Å²) < 4.78 is 29.8. The maximum absolute atomic E-state index is 14.3. The van der Waals surface area contributed by atoms with E-state index < -0.39 is 5.82 Å². The Morgan fingerprint density at radius 3 is 2.67 bits per heavy atom. The molecule has 0 saturated heterocycles. The van der Waals surface area contributed by atoms with E-state index in [9.17, 15) is 13.6 Å². The summed E-state index contributed by atoms with van der Waals surface area (Å²) in [6.45, 7) is 1.51. The maximum atomic E-state index is 14.3. The van der Waals surface area contributed by atoms with E-state index in [1.54, 1.807) is 24.3 Å². The second-order valence-corrected chi connectivity index (χ2v) is 7.59. The van der Waals surface area contributed by atoms with E-state index in [-0.39, 0.29) is 35.8 Å². The minimum atomic E-state index is -0.526. The molecule has 1 N–H and O–H groups in total. The lowest BCUT2D eigenvalue weighted by molar-refractivity contribution is 0.100. The third-order valence-electron chi connectivity index (χ3n) is 5.34. The largest absolute Gasteiger partial charge is 0.365 e. The summed E-state index contributed by atoms with van der Waals surface area (Å²) in [5, 5.41) is 7.58. The van der Waals surface area contributed by atoms with Gasteiger partial charge in [-0.1, -0.05) is 37.5 Å². The number of rotatable bonds is 6. The third kappa shape index (κ3) is 4.37. The standard InChI is InChI=1S/C22H23F2N5O/c1-14(30)20-11-19(28-29(20)13-15-7-5-6-10-17(15)23)22-25-12-18(24)21(27-22)26-16-8-3-2-4-9-16/h5-7,10-12,16H,2-4,8-9,13H2,1H3,(H,25,26,27). The number of benzene rings is 1. The van der Waals surface area contributed by atoms with Crippen molar-refractivity contribution in [2.75, 3.05) is 5.32 Å². The van der Waals surface area contributed by atoms with Crippen molar-refractivity contribution in [3.63, 3.8) is 0 Å². The Morgan fingerprint density at radius 1 is 1.17 bits per heavy atom. The molecule has 0 spiro atoms. The molecule has 156 valence electrons. The highest BCUT2D eigenvalue weighted by molar-refractivity contribution is 5.93. The lowest BCUT2D eigenvalue weighted by atomic mass is 9.95. The van der Waals surface area contributed by atoms with Gasteiger partial charge in [0, 0.05) is 18.5 Å². The van der Waals surface area contributed by atoms with Gasteiger partial charge in [-0.05, 0) is 25.0 Å². The van der Waals surface area contributed by atoms with Crippen molar-refractivity contribution in [3.05, 3.63) is 59.4 Å². The highest BCUT2D eigenvalue weighted by Gasteiger charge is 2.20.